The van der Waals surface area contributed by atoms with Crippen LogP contribution < -0.4 is 11.1 Å². The third-order valence-electron chi connectivity index (χ3n) is 4.54. The van der Waals surface area contributed by atoms with Crippen LogP contribution in [0.3, 0.4) is 0 Å². The Labute approximate surface area is 154 Å². The fourth-order valence-electron chi connectivity index (χ4n) is 3.04. The molecule has 2 aromatic rings. The third-order valence-corrected chi connectivity index (χ3v) is 4.54. The Bertz CT molecular complexity index is 700. The predicted molar refractivity (Wildman–Crippen MR) is 100 cm³/mol. The quantitative estimate of drug-likeness (QED) is 0.833. The summed E-state index contributed by atoms with van der Waals surface area (Å²) in [5, 5.41) is 2.77. The molecule has 2 heterocycles. The van der Waals surface area contributed by atoms with Crippen molar-refractivity contribution in [2.75, 3.05) is 13.1 Å². The molecule has 1 aliphatic rings. The minimum Gasteiger partial charge on any atom is -0.445 e. The fraction of sp³-hybridized carbons (Fsp3) is 0.400. The molecule has 0 saturated carbocycles. The summed E-state index contributed by atoms with van der Waals surface area (Å²) in [5.41, 5.74) is 9.03. The number of nitrogens with two attached hydrogens (primary N) is 1. The van der Waals surface area contributed by atoms with Crippen LogP contribution in [0.4, 0.5) is 4.79 Å². The average Bonchev–Trinajstić information content (AvgIpc) is 2.68. The standard InChI is InChI=1S/C20H26N4O2/c21-19-6-8-24(9-7-19)14-18-10-17(11-22-12-18)13-23-20(25)26-15-16-4-2-1-3-5-16/h1-5,10-12,19H,6-9,13-15,21H2,(H,23,25). The van der Waals surface area contributed by atoms with E-state index < -0.39 is 6.09 Å². The van der Waals surface area contributed by atoms with E-state index in [2.05, 4.69) is 21.3 Å². The number of rotatable bonds is 6. The number of alkyl carbamates (subject to hydrolysis) is 1. The molecule has 0 atom stereocenters. The van der Waals surface area contributed by atoms with Crippen molar-refractivity contribution in [3.05, 3.63) is 65.5 Å². The molecule has 1 aromatic heterocycles. The van der Waals surface area contributed by atoms with Crippen LogP contribution in [0.5, 0.6) is 0 Å². The van der Waals surface area contributed by atoms with Crippen molar-refractivity contribution in [1.29, 1.82) is 0 Å². The van der Waals surface area contributed by atoms with Gasteiger partial charge in [-0.3, -0.25) is 9.88 Å². The maximum atomic E-state index is 11.8. The number of amides is 1. The Morgan fingerprint density at radius 1 is 1.15 bits per heavy atom. The van der Waals surface area contributed by atoms with Gasteiger partial charge < -0.3 is 15.8 Å². The van der Waals surface area contributed by atoms with E-state index in [4.69, 9.17) is 10.5 Å². The maximum Gasteiger partial charge on any atom is 0.407 e. The van der Waals surface area contributed by atoms with Crippen LogP contribution in [0.25, 0.3) is 0 Å². The largest absolute Gasteiger partial charge is 0.445 e. The minimum atomic E-state index is -0.427. The summed E-state index contributed by atoms with van der Waals surface area (Å²) >= 11 is 0. The molecule has 0 unspecified atom stereocenters. The summed E-state index contributed by atoms with van der Waals surface area (Å²) in [6.45, 7) is 3.58. The Hall–Kier alpha value is -2.44. The number of nitrogens with zero attached hydrogens (tertiary/aromatic N) is 2. The van der Waals surface area contributed by atoms with Gasteiger partial charge in [-0.1, -0.05) is 30.3 Å². The van der Waals surface area contributed by atoms with E-state index in [1.54, 1.807) is 6.20 Å². The number of carbonyl (C=O) groups is 1. The second-order valence-corrected chi connectivity index (χ2v) is 6.73. The van der Waals surface area contributed by atoms with Gasteiger partial charge in [0.1, 0.15) is 6.61 Å². The number of pyridine rings is 1. The first-order chi connectivity index (χ1) is 12.7. The lowest BCUT2D eigenvalue weighted by molar-refractivity contribution is 0.139. The summed E-state index contributed by atoms with van der Waals surface area (Å²) in [4.78, 5) is 18.5. The van der Waals surface area contributed by atoms with Gasteiger partial charge in [-0.25, -0.2) is 4.79 Å². The van der Waals surface area contributed by atoms with Gasteiger partial charge in [0.2, 0.25) is 0 Å². The van der Waals surface area contributed by atoms with E-state index in [0.717, 1.165) is 49.2 Å². The highest BCUT2D eigenvalue weighted by molar-refractivity contribution is 5.67. The number of nitrogens with one attached hydrogen (secondary N) is 1. The number of benzene rings is 1. The Balaban J connectivity index is 1.44. The van der Waals surface area contributed by atoms with E-state index in [0.29, 0.717) is 12.6 Å². The van der Waals surface area contributed by atoms with Crippen molar-refractivity contribution < 1.29 is 9.53 Å². The van der Waals surface area contributed by atoms with Gasteiger partial charge in [-0.15, -0.1) is 0 Å². The minimum absolute atomic E-state index is 0.266. The fourth-order valence-corrected chi connectivity index (χ4v) is 3.04. The Morgan fingerprint density at radius 3 is 2.65 bits per heavy atom. The van der Waals surface area contributed by atoms with Crippen LogP contribution in [-0.4, -0.2) is 35.1 Å². The third kappa shape index (κ3) is 5.82. The van der Waals surface area contributed by atoms with Gasteiger partial charge in [0.05, 0.1) is 0 Å². The zero-order valence-electron chi connectivity index (χ0n) is 14.9. The molecule has 1 aromatic carbocycles. The smallest absolute Gasteiger partial charge is 0.407 e. The van der Waals surface area contributed by atoms with Crippen molar-refractivity contribution >= 4 is 6.09 Å². The molecule has 138 valence electrons. The number of likely N-dealkylation sites (tertiary alicyclic amines) is 1. The molecule has 0 spiro atoms. The SMILES string of the molecule is NC1CCN(Cc2cncc(CNC(=O)OCc3ccccc3)c2)CC1. The van der Waals surface area contributed by atoms with Crippen molar-refractivity contribution in [2.45, 2.75) is 38.6 Å². The normalized spacial score (nSPS) is 15.6. The molecular weight excluding hydrogens is 328 g/mol. The van der Waals surface area contributed by atoms with Gasteiger partial charge in [0.25, 0.3) is 0 Å². The molecule has 0 bridgehead atoms. The van der Waals surface area contributed by atoms with Crippen molar-refractivity contribution in [2.24, 2.45) is 5.73 Å². The number of hydrogen-bond acceptors (Lipinski definition) is 5. The lowest BCUT2D eigenvalue weighted by Gasteiger charge is -2.30. The van der Waals surface area contributed by atoms with Crippen LogP contribution in [0.2, 0.25) is 0 Å². The maximum absolute atomic E-state index is 11.8. The molecule has 0 radical (unpaired) electrons. The molecule has 1 amide bonds. The molecule has 6 heteroatoms. The predicted octanol–water partition coefficient (Wildman–Crippen LogP) is 2.43. The summed E-state index contributed by atoms with van der Waals surface area (Å²) < 4.78 is 5.22. The average molecular weight is 354 g/mol. The van der Waals surface area contributed by atoms with E-state index in [9.17, 15) is 4.79 Å². The highest BCUT2D eigenvalue weighted by Gasteiger charge is 2.16. The number of hydrogen-bond donors (Lipinski definition) is 2. The highest BCUT2D eigenvalue weighted by atomic mass is 16.5. The zero-order chi connectivity index (χ0) is 18.2. The Kier molecular flexibility index (Phi) is 6.57. The summed E-state index contributed by atoms with van der Waals surface area (Å²) in [5.74, 6) is 0. The van der Waals surface area contributed by atoms with E-state index >= 15 is 0 Å². The van der Waals surface area contributed by atoms with Gasteiger partial charge in [0.15, 0.2) is 0 Å². The number of aromatic nitrogens is 1. The van der Waals surface area contributed by atoms with Gasteiger partial charge in [-0.05, 0) is 48.7 Å². The Morgan fingerprint density at radius 2 is 1.88 bits per heavy atom. The first-order valence-electron chi connectivity index (χ1n) is 9.04. The summed E-state index contributed by atoms with van der Waals surface area (Å²) in [7, 11) is 0. The highest BCUT2D eigenvalue weighted by Crippen LogP contribution is 2.13. The van der Waals surface area contributed by atoms with Crippen LogP contribution in [0.1, 0.15) is 29.5 Å². The van der Waals surface area contributed by atoms with Gasteiger partial charge >= 0.3 is 6.09 Å². The molecule has 1 aliphatic heterocycles. The molecule has 0 aliphatic carbocycles. The zero-order valence-corrected chi connectivity index (χ0v) is 14.9. The number of ether oxygens (including phenoxy) is 1. The summed E-state index contributed by atoms with van der Waals surface area (Å²) in [6, 6.07) is 12.0. The lowest BCUT2D eigenvalue weighted by atomic mass is 10.1. The van der Waals surface area contributed by atoms with E-state index in [1.165, 1.54) is 0 Å². The molecule has 6 nitrogen and oxygen atoms in total. The van der Waals surface area contributed by atoms with Crippen LogP contribution in [-0.2, 0) is 24.4 Å². The number of carbonyl (C=O) groups excluding carboxylic acids is 1. The molecule has 3 N–H and O–H groups in total. The van der Waals surface area contributed by atoms with Gasteiger partial charge in [0, 0.05) is 31.5 Å². The first kappa shape index (κ1) is 18.4. The van der Waals surface area contributed by atoms with Crippen LogP contribution in [0, 0.1) is 0 Å². The van der Waals surface area contributed by atoms with Crippen LogP contribution >= 0.6 is 0 Å². The van der Waals surface area contributed by atoms with E-state index in [1.807, 2.05) is 36.5 Å². The second-order valence-electron chi connectivity index (χ2n) is 6.73. The van der Waals surface area contributed by atoms with Crippen molar-refractivity contribution in [3.63, 3.8) is 0 Å². The molecule has 1 fully saturated rings. The molecule has 26 heavy (non-hydrogen) atoms. The van der Waals surface area contributed by atoms with Crippen molar-refractivity contribution in [1.82, 2.24) is 15.2 Å². The second kappa shape index (κ2) is 9.31. The summed E-state index contributed by atoms with van der Waals surface area (Å²) in [6.07, 6.45) is 5.31. The first-order valence-corrected chi connectivity index (χ1v) is 9.04. The monoisotopic (exact) mass is 354 g/mol. The lowest BCUT2D eigenvalue weighted by Crippen LogP contribution is -2.39. The molecular formula is C20H26N4O2. The number of piperidine rings is 1. The van der Waals surface area contributed by atoms with Gasteiger partial charge in [-0.2, -0.15) is 0 Å². The topological polar surface area (TPSA) is 80.5 Å². The van der Waals surface area contributed by atoms with E-state index in [-0.39, 0.29) is 6.61 Å². The van der Waals surface area contributed by atoms with Crippen molar-refractivity contribution in [3.8, 4) is 0 Å². The van der Waals surface area contributed by atoms with Crippen LogP contribution in [0.15, 0.2) is 48.8 Å². The molecule has 1 saturated heterocycles. The molecule has 3 rings (SSSR count).